The van der Waals surface area contributed by atoms with Gasteiger partial charge in [-0.15, -0.1) is 0 Å². The fourth-order valence-corrected chi connectivity index (χ4v) is 6.07. The molecule has 3 heteroatoms. The number of rotatable bonds is 4. The summed E-state index contributed by atoms with van der Waals surface area (Å²) in [4.78, 5) is 12.6. The summed E-state index contributed by atoms with van der Waals surface area (Å²) in [5.41, 5.74) is 0.722. The van der Waals surface area contributed by atoms with E-state index in [-0.39, 0.29) is 17.4 Å². The Labute approximate surface area is 138 Å². The van der Waals surface area contributed by atoms with E-state index in [0.29, 0.717) is 18.3 Å². The van der Waals surface area contributed by atoms with Gasteiger partial charge in [0, 0.05) is 6.42 Å². The zero-order valence-corrected chi connectivity index (χ0v) is 13.9. The number of carbonyl (C=O) groups is 1. The molecule has 2 N–H and O–H groups in total. The van der Waals surface area contributed by atoms with Crippen LogP contribution in [0.3, 0.4) is 0 Å². The number of carbonyl (C=O) groups excluding carboxylic acids is 1. The Balaban J connectivity index is 1.43. The first-order valence-corrected chi connectivity index (χ1v) is 9.02. The van der Waals surface area contributed by atoms with Gasteiger partial charge in [-0.2, -0.15) is 0 Å². The SMILES string of the molecule is C[C@@H](NC(=O)CC12C[C@@H]3C[C@@H](CC(O)(C3)C1)C2)c1ccccc1. The molecule has 1 amide bonds. The third-order valence-electron chi connectivity index (χ3n) is 6.36. The van der Waals surface area contributed by atoms with E-state index in [1.165, 1.54) is 6.42 Å². The maximum absolute atomic E-state index is 12.6. The van der Waals surface area contributed by atoms with Crippen LogP contribution in [-0.4, -0.2) is 16.6 Å². The van der Waals surface area contributed by atoms with Gasteiger partial charge in [-0.05, 0) is 68.3 Å². The van der Waals surface area contributed by atoms with Crippen LogP contribution in [0.5, 0.6) is 0 Å². The van der Waals surface area contributed by atoms with Crippen LogP contribution in [0.25, 0.3) is 0 Å². The molecule has 4 saturated carbocycles. The maximum Gasteiger partial charge on any atom is 0.221 e. The van der Waals surface area contributed by atoms with Crippen molar-refractivity contribution < 1.29 is 9.90 Å². The molecule has 124 valence electrons. The van der Waals surface area contributed by atoms with Crippen molar-refractivity contribution in [2.45, 2.75) is 63.5 Å². The van der Waals surface area contributed by atoms with E-state index in [1.54, 1.807) is 0 Å². The number of nitrogens with one attached hydrogen (secondary N) is 1. The first kappa shape index (κ1) is 15.2. The molecule has 0 spiro atoms. The standard InChI is InChI=1S/C20H27NO2/c1-14(17-5-3-2-4-6-17)21-18(22)12-19-8-15-7-16(9-19)11-20(23,10-15)13-19/h2-6,14-16,23H,7-13H2,1H3,(H,21,22)/t14-,15-,16+,19?,20?/m1/s1. The largest absolute Gasteiger partial charge is 0.390 e. The third kappa shape index (κ3) is 2.91. The van der Waals surface area contributed by atoms with Gasteiger partial charge >= 0.3 is 0 Å². The van der Waals surface area contributed by atoms with E-state index < -0.39 is 5.60 Å². The van der Waals surface area contributed by atoms with Gasteiger partial charge in [0.15, 0.2) is 0 Å². The lowest BCUT2D eigenvalue weighted by molar-refractivity contribution is -0.169. The first-order chi connectivity index (χ1) is 11.0. The summed E-state index contributed by atoms with van der Waals surface area (Å²) >= 11 is 0. The van der Waals surface area contributed by atoms with Gasteiger partial charge < -0.3 is 10.4 Å². The second-order valence-electron chi connectivity index (χ2n) is 8.56. The lowest BCUT2D eigenvalue weighted by Crippen LogP contribution is -2.56. The molecule has 4 aliphatic rings. The minimum absolute atomic E-state index is 0.0423. The fraction of sp³-hybridized carbons (Fsp3) is 0.650. The van der Waals surface area contributed by atoms with Crippen molar-refractivity contribution in [1.29, 1.82) is 0 Å². The average Bonchev–Trinajstić information content (AvgIpc) is 2.44. The van der Waals surface area contributed by atoms with Crippen molar-refractivity contribution >= 4 is 5.91 Å². The molecule has 1 aromatic carbocycles. The molecule has 5 atom stereocenters. The molecule has 0 radical (unpaired) electrons. The quantitative estimate of drug-likeness (QED) is 0.892. The molecule has 2 unspecified atom stereocenters. The van der Waals surface area contributed by atoms with Crippen molar-refractivity contribution in [1.82, 2.24) is 5.32 Å². The third-order valence-corrected chi connectivity index (χ3v) is 6.36. The average molecular weight is 313 g/mol. The van der Waals surface area contributed by atoms with Crippen LogP contribution >= 0.6 is 0 Å². The molecule has 0 saturated heterocycles. The maximum atomic E-state index is 12.6. The lowest BCUT2D eigenvalue weighted by atomic mass is 9.47. The molecule has 4 aliphatic carbocycles. The monoisotopic (exact) mass is 313 g/mol. The van der Waals surface area contributed by atoms with E-state index >= 15 is 0 Å². The highest BCUT2D eigenvalue weighted by Crippen LogP contribution is 2.62. The summed E-state index contributed by atoms with van der Waals surface area (Å²) in [7, 11) is 0. The summed E-state index contributed by atoms with van der Waals surface area (Å²) in [5, 5.41) is 14.0. The lowest BCUT2D eigenvalue weighted by Gasteiger charge is -2.60. The van der Waals surface area contributed by atoms with Crippen LogP contribution in [-0.2, 0) is 4.79 Å². The number of amides is 1. The van der Waals surface area contributed by atoms with E-state index in [1.807, 2.05) is 25.1 Å². The number of hydrogen-bond donors (Lipinski definition) is 2. The summed E-state index contributed by atoms with van der Waals surface area (Å²) < 4.78 is 0. The van der Waals surface area contributed by atoms with E-state index in [4.69, 9.17) is 0 Å². The highest BCUT2D eigenvalue weighted by atomic mass is 16.3. The Hall–Kier alpha value is -1.35. The van der Waals surface area contributed by atoms with Crippen molar-refractivity contribution in [3.05, 3.63) is 35.9 Å². The zero-order valence-electron chi connectivity index (χ0n) is 13.9. The molecule has 5 rings (SSSR count). The molecule has 0 heterocycles. The Morgan fingerprint density at radius 2 is 1.87 bits per heavy atom. The van der Waals surface area contributed by atoms with Crippen molar-refractivity contribution in [3.63, 3.8) is 0 Å². The van der Waals surface area contributed by atoms with Crippen molar-refractivity contribution in [3.8, 4) is 0 Å². The summed E-state index contributed by atoms with van der Waals surface area (Å²) in [6, 6.07) is 10.2. The van der Waals surface area contributed by atoms with Gasteiger partial charge in [0.2, 0.25) is 5.91 Å². The van der Waals surface area contributed by atoms with Crippen LogP contribution in [0.15, 0.2) is 30.3 Å². The molecule has 0 aromatic heterocycles. The molecule has 0 aliphatic heterocycles. The normalized spacial score (nSPS) is 39.2. The van der Waals surface area contributed by atoms with Gasteiger partial charge in [-0.1, -0.05) is 30.3 Å². The predicted octanol–water partition coefficient (Wildman–Crippen LogP) is 3.59. The first-order valence-electron chi connectivity index (χ1n) is 9.02. The second kappa shape index (κ2) is 5.34. The highest BCUT2D eigenvalue weighted by molar-refractivity contribution is 5.77. The van der Waals surface area contributed by atoms with Gasteiger partial charge in [-0.3, -0.25) is 4.79 Å². The van der Waals surface area contributed by atoms with E-state index in [2.05, 4.69) is 17.4 Å². The second-order valence-corrected chi connectivity index (χ2v) is 8.56. The molecule has 4 fully saturated rings. The van der Waals surface area contributed by atoms with Crippen LogP contribution in [0.1, 0.15) is 63.5 Å². The fourth-order valence-electron chi connectivity index (χ4n) is 6.07. The zero-order chi connectivity index (χ0) is 16.1. The minimum Gasteiger partial charge on any atom is -0.390 e. The van der Waals surface area contributed by atoms with Crippen LogP contribution in [0, 0.1) is 17.3 Å². The number of aliphatic hydroxyl groups is 1. The molecule has 4 bridgehead atoms. The Morgan fingerprint density at radius 1 is 1.22 bits per heavy atom. The molecular weight excluding hydrogens is 286 g/mol. The Morgan fingerprint density at radius 3 is 2.48 bits per heavy atom. The van der Waals surface area contributed by atoms with Gasteiger partial charge in [0.1, 0.15) is 0 Å². The number of benzene rings is 1. The molecular formula is C20H27NO2. The van der Waals surface area contributed by atoms with Gasteiger partial charge in [0.05, 0.1) is 11.6 Å². The number of hydrogen-bond acceptors (Lipinski definition) is 2. The van der Waals surface area contributed by atoms with Crippen LogP contribution in [0.2, 0.25) is 0 Å². The Bertz CT molecular complexity index is 583. The predicted molar refractivity (Wildman–Crippen MR) is 89.7 cm³/mol. The van der Waals surface area contributed by atoms with E-state index in [0.717, 1.165) is 37.7 Å². The summed E-state index contributed by atoms with van der Waals surface area (Å²) in [6.07, 6.45) is 6.89. The van der Waals surface area contributed by atoms with Crippen LogP contribution < -0.4 is 5.32 Å². The van der Waals surface area contributed by atoms with E-state index in [9.17, 15) is 9.90 Å². The summed E-state index contributed by atoms with van der Waals surface area (Å²) in [6.45, 7) is 2.04. The summed E-state index contributed by atoms with van der Waals surface area (Å²) in [5.74, 6) is 1.42. The molecule has 23 heavy (non-hydrogen) atoms. The molecule has 1 aromatic rings. The molecule has 3 nitrogen and oxygen atoms in total. The van der Waals surface area contributed by atoms with Crippen LogP contribution in [0.4, 0.5) is 0 Å². The van der Waals surface area contributed by atoms with Gasteiger partial charge in [-0.25, -0.2) is 0 Å². The van der Waals surface area contributed by atoms with Crippen molar-refractivity contribution in [2.75, 3.05) is 0 Å². The van der Waals surface area contributed by atoms with Gasteiger partial charge in [0.25, 0.3) is 0 Å². The van der Waals surface area contributed by atoms with Crippen molar-refractivity contribution in [2.24, 2.45) is 17.3 Å². The highest BCUT2D eigenvalue weighted by Gasteiger charge is 2.57. The topological polar surface area (TPSA) is 49.3 Å². The smallest absolute Gasteiger partial charge is 0.221 e. The Kier molecular flexibility index (Phi) is 3.53. The minimum atomic E-state index is -0.477.